The van der Waals surface area contributed by atoms with Crippen molar-refractivity contribution in [2.75, 3.05) is 31.2 Å². The molecule has 1 aliphatic rings. The summed E-state index contributed by atoms with van der Waals surface area (Å²) in [6, 6.07) is 7.11. The summed E-state index contributed by atoms with van der Waals surface area (Å²) in [5, 5.41) is 8.89. The van der Waals surface area contributed by atoms with E-state index in [1.54, 1.807) is 53.7 Å². The summed E-state index contributed by atoms with van der Waals surface area (Å²) in [5.74, 6) is 6.50. The topological polar surface area (TPSA) is 105 Å². The number of ether oxygens (including phenoxy) is 1. The maximum absolute atomic E-state index is 13.6. The van der Waals surface area contributed by atoms with Crippen LogP contribution >= 0.6 is 11.6 Å². The fourth-order valence-electron chi connectivity index (χ4n) is 4.07. The minimum Gasteiger partial charge on any atom is -0.378 e. The zero-order chi connectivity index (χ0) is 24.5. The first-order valence-electron chi connectivity index (χ1n) is 11.1. The molecule has 180 valence electrons. The number of morpholine rings is 1. The zero-order valence-electron chi connectivity index (χ0n) is 19.3. The van der Waals surface area contributed by atoms with E-state index in [0.29, 0.717) is 54.1 Å². The van der Waals surface area contributed by atoms with Crippen LogP contribution in [0.1, 0.15) is 12.6 Å². The summed E-state index contributed by atoms with van der Waals surface area (Å²) in [6.07, 6.45) is 1.68. The van der Waals surface area contributed by atoms with Crippen LogP contribution in [0.3, 0.4) is 0 Å². The van der Waals surface area contributed by atoms with Crippen LogP contribution in [0.15, 0.2) is 40.1 Å². The van der Waals surface area contributed by atoms with Gasteiger partial charge in [0.15, 0.2) is 11.2 Å². The lowest BCUT2D eigenvalue weighted by Gasteiger charge is -2.27. The van der Waals surface area contributed by atoms with Gasteiger partial charge < -0.3 is 9.64 Å². The molecule has 1 aliphatic heterocycles. The van der Waals surface area contributed by atoms with E-state index in [1.807, 2.05) is 4.90 Å². The summed E-state index contributed by atoms with van der Waals surface area (Å²) >= 11 is 5.96. The maximum atomic E-state index is 13.6. The molecule has 5 rings (SSSR count). The lowest BCUT2D eigenvalue weighted by atomic mass is 10.3. The van der Waals surface area contributed by atoms with Gasteiger partial charge in [0, 0.05) is 25.2 Å². The van der Waals surface area contributed by atoms with Crippen molar-refractivity contribution in [3.8, 4) is 17.5 Å². The van der Waals surface area contributed by atoms with Crippen molar-refractivity contribution in [1.29, 1.82) is 0 Å². The molecule has 4 aromatic rings. The molecule has 0 bridgehead atoms. The molecule has 0 spiro atoms. The first-order valence-corrected chi connectivity index (χ1v) is 11.4. The quantitative estimate of drug-likeness (QED) is 0.382. The van der Waals surface area contributed by atoms with Gasteiger partial charge in [-0.05, 0) is 31.2 Å². The van der Waals surface area contributed by atoms with Crippen LogP contribution in [0.5, 0.6) is 0 Å². The van der Waals surface area contributed by atoms with Gasteiger partial charge in [0.1, 0.15) is 5.69 Å². The highest BCUT2D eigenvalue weighted by molar-refractivity contribution is 6.30. The number of fused-ring (bicyclic) bond motifs is 1. The van der Waals surface area contributed by atoms with Gasteiger partial charge in [0.2, 0.25) is 5.95 Å². The number of rotatable bonds is 5. The van der Waals surface area contributed by atoms with Crippen molar-refractivity contribution in [1.82, 2.24) is 33.7 Å². The lowest BCUT2D eigenvalue weighted by molar-refractivity contribution is 0.121. The minimum absolute atomic E-state index is 0.0352. The molecular formula is C23H23ClN8O3. The average molecular weight is 495 g/mol. The van der Waals surface area contributed by atoms with E-state index in [9.17, 15) is 9.59 Å². The molecule has 12 heteroatoms. The Kier molecular flexibility index (Phi) is 6.15. The highest BCUT2D eigenvalue weighted by Gasteiger charge is 2.24. The Morgan fingerprint density at radius 3 is 2.57 bits per heavy atom. The standard InChI is InChI=1S/C23H23ClN8O3/c1-3-4-9-30-19-20(25-22(30)29-10-12-35-13-11-29)28(2)23(34)31(21(19)33)14-17-15-32(27-26-17)18-7-5-16(24)6-8-18/h5-8,15H,9-14H2,1-2H3. The first-order chi connectivity index (χ1) is 17.0. The van der Waals surface area contributed by atoms with Crippen molar-refractivity contribution < 1.29 is 4.74 Å². The van der Waals surface area contributed by atoms with Crippen LogP contribution in [0, 0.1) is 11.8 Å². The molecule has 0 radical (unpaired) electrons. The number of benzene rings is 1. The summed E-state index contributed by atoms with van der Waals surface area (Å²) in [6.45, 7) is 4.39. The van der Waals surface area contributed by atoms with Gasteiger partial charge in [0.05, 0.1) is 38.2 Å². The van der Waals surface area contributed by atoms with Gasteiger partial charge in [-0.1, -0.05) is 22.7 Å². The molecule has 1 saturated heterocycles. The number of anilines is 1. The van der Waals surface area contributed by atoms with Gasteiger partial charge in [-0.3, -0.25) is 18.5 Å². The number of hydrogen-bond donors (Lipinski definition) is 0. The molecule has 0 N–H and O–H groups in total. The van der Waals surface area contributed by atoms with Crippen molar-refractivity contribution in [3.05, 3.63) is 62.0 Å². The normalized spacial score (nSPS) is 13.7. The second-order valence-corrected chi connectivity index (χ2v) is 8.50. The third-order valence-corrected chi connectivity index (χ3v) is 6.12. The average Bonchev–Trinajstić information content (AvgIpc) is 3.50. The summed E-state index contributed by atoms with van der Waals surface area (Å²) < 4.78 is 11.3. The predicted molar refractivity (Wildman–Crippen MR) is 131 cm³/mol. The molecule has 0 unspecified atom stereocenters. The Labute approximate surface area is 205 Å². The van der Waals surface area contributed by atoms with Crippen LogP contribution in [-0.4, -0.2) is 60.0 Å². The first kappa shape index (κ1) is 22.9. The molecular weight excluding hydrogens is 472 g/mol. The van der Waals surface area contributed by atoms with Crippen molar-refractivity contribution in [3.63, 3.8) is 0 Å². The summed E-state index contributed by atoms with van der Waals surface area (Å²) in [7, 11) is 1.61. The SMILES string of the molecule is CC#CCn1c(N2CCOCC2)nc2c1c(=O)n(Cc1cn(-c3ccc(Cl)cc3)nn1)c(=O)n2C. The number of halogens is 1. The summed E-state index contributed by atoms with van der Waals surface area (Å²) in [5.41, 5.74) is 0.931. The largest absolute Gasteiger partial charge is 0.378 e. The highest BCUT2D eigenvalue weighted by Crippen LogP contribution is 2.20. The number of imidazole rings is 1. The molecule has 11 nitrogen and oxygen atoms in total. The van der Waals surface area contributed by atoms with Crippen LogP contribution < -0.4 is 16.1 Å². The van der Waals surface area contributed by atoms with Crippen molar-refractivity contribution in [2.45, 2.75) is 20.0 Å². The second-order valence-electron chi connectivity index (χ2n) is 8.06. The zero-order valence-corrected chi connectivity index (χ0v) is 20.1. The predicted octanol–water partition coefficient (Wildman–Crippen LogP) is 1.04. The van der Waals surface area contributed by atoms with Crippen molar-refractivity contribution >= 4 is 28.7 Å². The minimum atomic E-state index is -0.483. The second kappa shape index (κ2) is 9.40. The monoisotopic (exact) mass is 494 g/mol. The Morgan fingerprint density at radius 1 is 1.11 bits per heavy atom. The molecule has 0 amide bonds. The molecule has 1 aromatic carbocycles. The van der Waals surface area contributed by atoms with Crippen LogP contribution in [0.2, 0.25) is 5.02 Å². The van der Waals surface area contributed by atoms with Gasteiger partial charge >= 0.3 is 5.69 Å². The fourth-order valence-corrected chi connectivity index (χ4v) is 4.19. The molecule has 1 fully saturated rings. The smallest absolute Gasteiger partial charge is 0.332 e. The van der Waals surface area contributed by atoms with Crippen LogP contribution in [-0.2, 0) is 24.9 Å². The van der Waals surface area contributed by atoms with E-state index < -0.39 is 11.2 Å². The number of aryl methyl sites for hydroxylation is 1. The molecule has 0 aliphatic carbocycles. The molecule has 0 atom stereocenters. The maximum Gasteiger partial charge on any atom is 0.332 e. The van der Waals surface area contributed by atoms with Gasteiger partial charge in [-0.25, -0.2) is 9.48 Å². The van der Waals surface area contributed by atoms with Crippen molar-refractivity contribution in [2.24, 2.45) is 7.05 Å². The molecule has 3 aromatic heterocycles. The van der Waals surface area contributed by atoms with Crippen LogP contribution in [0.4, 0.5) is 5.95 Å². The Hall–Kier alpha value is -3.88. The van der Waals surface area contributed by atoms with E-state index in [2.05, 4.69) is 27.1 Å². The Bertz CT molecular complexity index is 1560. The van der Waals surface area contributed by atoms with E-state index in [4.69, 9.17) is 16.3 Å². The number of hydrogen-bond acceptors (Lipinski definition) is 7. The van der Waals surface area contributed by atoms with E-state index in [1.165, 1.54) is 4.57 Å². The highest BCUT2D eigenvalue weighted by atomic mass is 35.5. The third-order valence-electron chi connectivity index (χ3n) is 5.87. The van der Waals surface area contributed by atoms with E-state index in [-0.39, 0.29) is 13.1 Å². The lowest BCUT2D eigenvalue weighted by Crippen LogP contribution is -2.40. The van der Waals surface area contributed by atoms with E-state index >= 15 is 0 Å². The number of nitrogens with zero attached hydrogens (tertiary/aromatic N) is 8. The van der Waals surface area contributed by atoms with Gasteiger partial charge in [-0.15, -0.1) is 11.0 Å². The Balaban J connectivity index is 1.60. The molecule has 0 saturated carbocycles. The molecule has 4 heterocycles. The fraction of sp³-hybridized carbons (Fsp3) is 0.348. The molecule has 35 heavy (non-hydrogen) atoms. The van der Waals surface area contributed by atoms with E-state index in [0.717, 1.165) is 10.3 Å². The summed E-state index contributed by atoms with van der Waals surface area (Å²) in [4.78, 5) is 33.5. The van der Waals surface area contributed by atoms with Gasteiger partial charge in [-0.2, -0.15) is 4.98 Å². The third kappa shape index (κ3) is 4.22. The van der Waals surface area contributed by atoms with Gasteiger partial charge in [0.25, 0.3) is 5.56 Å². The Morgan fingerprint density at radius 2 is 1.86 bits per heavy atom. The van der Waals surface area contributed by atoms with Crippen LogP contribution in [0.25, 0.3) is 16.9 Å². The number of aromatic nitrogens is 7.